The van der Waals surface area contributed by atoms with Gasteiger partial charge in [0.2, 0.25) is 0 Å². The Bertz CT molecular complexity index is 658. The van der Waals surface area contributed by atoms with E-state index < -0.39 is 11.7 Å². The fourth-order valence-corrected chi connectivity index (χ4v) is 2.23. The minimum atomic E-state index is -0.542. The Kier molecular flexibility index (Phi) is 5.17. The summed E-state index contributed by atoms with van der Waals surface area (Å²) >= 11 is 2.16. The molecule has 2 rings (SSSR count). The Morgan fingerprint density at radius 1 is 1.24 bits per heavy atom. The molecule has 0 aliphatic carbocycles. The van der Waals surface area contributed by atoms with Crippen LogP contribution in [0.1, 0.15) is 24.2 Å². The molecule has 2 aromatic carbocycles. The number of amides is 1. The molecular weight excluding hydrogens is 384 g/mol. The number of ether oxygens (including phenoxy) is 1. The lowest BCUT2D eigenvalue weighted by Crippen LogP contribution is -2.14. The van der Waals surface area contributed by atoms with Crippen LogP contribution in [-0.4, -0.2) is 12.0 Å². The normalized spacial score (nSPS) is 10.5. The molecule has 1 N–H and O–H groups in total. The van der Waals surface area contributed by atoms with Crippen molar-refractivity contribution in [2.45, 2.75) is 20.0 Å². The van der Waals surface area contributed by atoms with Gasteiger partial charge in [-0.1, -0.05) is 12.1 Å². The van der Waals surface area contributed by atoms with Crippen LogP contribution in [0.25, 0.3) is 0 Å². The SMILES string of the molecule is CC(C)Oc1cc(NC(=O)c2ccccc2F)ccc1I. The summed E-state index contributed by atoms with van der Waals surface area (Å²) < 4.78 is 20.2. The monoisotopic (exact) mass is 399 g/mol. The summed E-state index contributed by atoms with van der Waals surface area (Å²) in [5.41, 5.74) is 0.585. The van der Waals surface area contributed by atoms with Crippen LogP contribution in [0.2, 0.25) is 0 Å². The zero-order chi connectivity index (χ0) is 15.4. The summed E-state index contributed by atoms with van der Waals surface area (Å²) in [7, 11) is 0. The fourth-order valence-electron chi connectivity index (χ4n) is 1.77. The molecule has 2 aromatic rings. The summed E-state index contributed by atoms with van der Waals surface area (Å²) in [4.78, 5) is 12.1. The van der Waals surface area contributed by atoms with E-state index in [0.717, 1.165) is 3.57 Å². The van der Waals surface area contributed by atoms with E-state index in [4.69, 9.17) is 4.74 Å². The molecule has 1 amide bonds. The molecule has 0 atom stereocenters. The van der Waals surface area contributed by atoms with E-state index >= 15 is 0 Å². The zero-order valence-corrected chi connectivity index (χ0v) is 13.8. The minimum absolute atomic E-state index is 0.0161. The number of hydrogen-bond donors (Lipinski definition) is 1. The van der Waals surface area contributed by atoms with Gasteiger partial charge >= 0.3 is 0 Å². The van der Waals surface area contributed by atoms with Crippen molar-refractivity contribution in [1.82, 2.24) is 0 Å². The lowest BCUT2D eigenvalue weighted by atomic mass is 10.2. The van der Waals surface area contributed by atoms with Gasteiger partial charge in [0, 0.05) is 11.8 Å². The molecule has 0 aliphatic rings. The van der Waals surface area contributed by atoms with Crippen LogP contribution >= 0.6 is 22.6 Å². The van der Waals surface area contributed by atoms with Gasteiger partial charge in [0.1, 0.15) is 11.6 Å². The van der Waals surface area contributed by atoms with Gasteiger partial charge < -0.3 is 10.1 Å². The molecule has 5 heteroatoms. The van der Waals surface area contributed by atoms with Crippen molar-refractivity contribution in [2.24, 2.45) is 0 Å². The highest BCUT2D eigenvalue weighted by molar-refractivity contribution is 14.1. The van der Waals surface area contributed by atoms with Crippen molar-refractivity contribution < 1.29 is 13.9 Å². The number of hydrogen-bond acceptors (Lipinski definition) is 2. The van der Waals surface area contributed by atoms with Gasteiger partial charge in [-0.2, -0.15) is 0 Å². The van der Waals surface area contributed by atoms with Crippen molar-refractivity contribution in [3.05, 3.63) is 57.4 Å². The first kappa shape index (κ1) is 15.8. The topological polar surface area (TPSA) is 38.3 Å². The highest BCUT2D eigenvalue weighted by Crippen LogP contribution is 2.26. The second-order valence-electron chi connectivity index (χ2n) is 4.75. The molecule has 0 saturated carbocycles. The van der Waals surface area contributed by atoms with Crippen LogP contribution in [0.3, 0.4) is 0 Å². The van der Waals surface area contributed by atoms with Gasteiger partial charge in [0.05, 0.1) is 15.2 Å². The number of halogens is 2. The first-order valence-electron chi connectivity index (χ1n) is 6.49. The smallest absolute Gasteiger partial charge is 0.258 e. The van der Waals surface area contributed by atoms with Crippen LogP contribution in [0, 0.1) is 9.39 Å². The van der Waals surface area contributed by atoms with Gasteiger partial charge in [-0.3, -0.25) is 4.79 Å². The molecule has 0 heterocycles. The third kappa shape index (κ3) is 4.17. The van der Waals surface area contributed by atoms with E-state index in [2.05, 4.69) is 27.9 Å². The van der Waals surface area contributed by atoms with E-state index in [1.54, 1.807) is 24.3 Å². The van der Waals surface area contributed by atoms with Crippen molar-refractivity contribution in [1.29, 1.82) is 0 Å². The maximum atomic E-state index is 13.6. The molecule has 0 bridgehead atoms. The summed E-state index contributed by atoms with van der Waals surface area (Å²) in [6, 6.07) is 11.2. The molecule has 0 radical (unpaired) electrons. The molecule has 110 valence electrons. The number of carbonyl (C=O) groups is 1. The summed E-state index contributed by atoms with van der Waals surface area (Å²) in [6.07, 6.45) is 0.0380. The van der Waals surface area contributed by atoms with Gasteiger partial charge in [0.25, 0.3) is 5.91 Å². The average Bonchev–Trinajstić information content (AvgIpc) is 2.42. The number of benzene rings is 2. The molecular formula is C16H15FINO2. The zero-order valence-electron chi connectivity index (χ0n) is 11.7. The van der Waals surface area contributed by atoms with E-state index in [9.17, 15) is 9.18 Å². The molecule has 0 saturated heterocycles. The molecule has 0 fully saturated rings. The molecule has 0 aromatic heterocycles. The van der Waals surface area contributed by atoms with Crippen LogP contribution < -0.4 is 10.1 Å². The second-order valence-corrected chi connectivity index (χ2v) is 5.91. The largest absolute Gasteiger partial charge is 0.490 e. The highest BCUT2D eigenvalue weighted by atomic mass is 127. The third-order valence-corrected chi connectivity index (χ3v) is 3.56. The second kappa shape index (κ2) is 6.89. The van der Waals surface area contributed by atoms with E-state index in [1.165, 1.54) is 12.1 Å². The highest BCUT2D eigenvalue weighted by Gasteiger charge is 2.12. The molecule has 21 heavy (non-hydrogen) atoms. The Morgan fingerprint density at radius 3 is 2.62 bits per heavy atom. The van der Waals surface area contributed by atoms with Crippen LogP contribution in [-0.2, 0) is 0 Å². The van der Waals surface area contributed by atoms with Crippen LogP contribution in [0.4, 0.5) is 10.1 Å². The molecule has 0 spiro atoms. The summed E-state index contributed by atoms with van der Waals surface area (Å²) in [5.74, 6) is -0.332. The van der Waals surface area contributed by atoms with E-state index in [0.29, 0.717) is 11.4 Å². The van der Waals surface area contributed by atoms with Gasteiger partial charge in [0.15, 0.2) is 0 Å². The number of rotatable bonds is 4. The Morgan fingerprint density at radius 2 is 1.95 bits per heavy atom. The van der Waals surface area contributed by atoms with Crippen molar-refractivity contribution in [2.75, 3.05) is 5.32 Å². The lowest BCUT2D eigenvalue weighted by molar-refractivity contribution is 0.102. The summed E-state index contributed by atoms with van der Waals surface area (Å²) in [6.45, 7) is 3.86. The first-order valence-corrected chi connectivity index (χ1v) is 7.57. The number of nitrogens with one attached hydrogen (secondary N) is 1. The van der Waals surface area contributed by atoms with Gasteiger partial charge in [-0.25, -0.2) is 4.39 Å². The van der Waals surface area contributed by atoms with Gasteiger partial charge in [-0.05, 0) is 60.7 Å². The van der Waals surface area contributed by atoms with Crippen molar-refractivity contribution in [3.8, 4) is 5.75 Å². The molecule has 3 nitrogen and oxygen atoms in total. The summed E-state index contributed by atoms with van der Waals surface area (Å²) in [5, 5.41) is 2.68. The Balaban J connectivity index is 2.20. The number of carbonyl (C=O) groups excluding carboxylic acids is 1. The Hall–Kier alpha value is -1.63. The van der Waals surface area contributed by atoms with E-state index in [-0.39, 0.29) is 11.7 Å². The van der Waals surface area contributed by atoms with E-state index in [1.807, 2.05) is 19.9 Å². The quantitative estimate of drug-likeness (QED) is 0.771. The minimum Gasteiger partial charge on any atom is -0.490 e. The Labute approximate surface area is 136 Å². The fraction of sp³-hybridized carbons (Fsp3) is 0.188. The van der Waals surface area contributed by atoms with Crippen LogP contribution in [0.5, 0.6) is 5.75 Å². The van der Waals surface area contributed by atoms with Crippen LogP contribution in [0.15, 0.2) is 42.5 Å². The predicted molar refractivity (Wildman–Crippen MR) is 89.3 cm³/mol. The first-order chi connectivity index (χ1) is 9.97. The maximum absolute atomic E-state index is 13.6. The third-order valence-electron chi connectivity index (χ3n) is 2.67. The van der Waals surface area contributed by atoms with Gasteiger partial charge in [-0.15, -0.1) is 0 Å². The number of anilines is 1. The lowest BCUT2D eigenvalue weighted by Gasteiger charge is -2.13. The maximum Gasteiger partial charge on any atom is 0.258 e. The molecule has 0 unspecified atom stereocenters. The van der Waals surface area contributed by atoms with Crippen molar-refractivity contribution >= 4 is 34.2 Å². The standard InChI is InChI=1S/C16H15FINO2/c1-10(2)21-15-9-11(7-8-14(15)18)19-16(20)12-5-3-4-6-13(12)17/h3-10H,1-2H3,(H,19,20). The van der Waals surface area contributed by atoms with Crippen molar-refractivity contribution in [3.63, 3.8) is 0 Å². The molecule has 0 aliphatic heterocycles. The predicted octanol–water partition coefficient (Wildman–Crippen LogP) is 4.47. The average molecular weight is 399 g/mol.